The predicted molar refractivity (Wildman–Crippen MR) is 131 cm³/mol. The van der Waals surface area contributed by atoms with Crippen LogP contribution >= 0.6 is 0 Å². The molecule has 3 aromatic carbocycles. The third-order valence-electron chi connectivity index (χ3n) is 7.98. The molecule has 0 aromatic heterocycles. The van der Waals surface area contributed by atoms with E-state index in [0.29, 0.717) is 28.2 Å². The number of ether oxygens (including phenoxy) is 3. The minimum absolute atomic E-state index is 0.129. The molecule has 0 heterocycles. The second kappa shape index (κ2) is 8.43. The number of benzene rings is 3. The smallest absolute Gasteiger partial charge is 0.223 e. The van der Waals surface area contributed by atoms with Crippen molar-refractivity contribution in [1.29, 1.82) is 0 Å². The lowest BCUT2D eigenvalue weighted by atomic mass is 9.62. The highest BCUT2D eigenvalue weighted by Crippen LogP contribution is 2.70. The van der Waals surface area contributed by atoms with Crippen molar-refractivity contribution in [3.63, 3.8) is 0 Å². The van der Waals surface area contributed by atoms with E-state index in [1.807, 2.05) is 30.3 Å². The first-order valence-corrected chi connectivity index (χ1v) is 11.6. The van der Waals surface area contributed by atoms with Gasteiger partial charge in [0.15, 0.2) is 11.5 Å². The molecule has 1 amide bonds. The van der Waals surface area contributed by atoms with Gasteiger partial charge in [0.2, 0.25) is 5.91 Å². The molecule has 0 saturated heterocycles. The van der Waals surface area contributed by atoms with Crippen LogP contribution in [0.5, 0.6) is 23.0 Å². The minimum Gasteiger partial charge on any atom is -0.504 e. The molecule has 5 unspecified atom stereocenters. The highest BCUT2D eigenvalue weighted by Gasteiger charge is 2.75. The third kappa shape index (κ3) is 2.98. The summed E-state index contributed by atoms with van der Waals surface area (Å²) in [6.07, 6.45) is -1.34. The first kappa shape index (κ1) is 24.0. The number of primary amides is 1. The monoisotopic (exact) mass is 491 g/mol. The van der Waals surface area contributed by atoms with E-state index in [9.17, 15) is 20.1 Å². The fraction of sp³-hybridized carbons (Fsp3) is 0.321. The zero-order chi connectivity index (χ0) is 25.8. The van der Waals surface area contributed by atoms with Crippen molar-refractivity contribution in [2.75, 3.05) is 21.3 Å². The Morgan fingerprint density at radius 3 is 2.25 bits per heavy atom. The molecule has 36 heavy (non-hydrogen) atoms. The Balaban J connectivity index is 1.90. The van der Waals surface area contributed by atoms with Crippen molar-refractivity contribution in [2.45, 2.75) is 29.5 Å². The van der Waals surface area contributed by atoms with Gasteiger partial charge in [-0.3, -0.25) is 4.79 Å². The van der Waals surface area contributed by atoms with Crippen LogP contribution in [0.3, 0.4) is 0 Å². The summed E-state index contributed by atoms with van der Waals surface area (Å²) in [5, 5.41) is 35.2. The number of phenols is 1. The summed E-state index contributed by atoms with van der Waals surface area (Å²) in [4.78, 5) is 12.9. The van der Waals surface area contributed by atoms with Gasteiger partial charge >= 0.3 is 0 Å². The number of carbonyl (C=O) groups is 1. The number of nitrogens with two attached hydrogens (primary N) is 1. The van der Waals surface area contributed by atoms with Crippen LogP contribution in [0.15, 0.2) is 60.7 Å². The van der Waals surface area contributed by atoms with E-state index in [2.05, 4.69) is 0 Å². The SMILES string of the molecule is COc1cc2c(c(OC)c1)C1(O)C(O)C(C(N)=O)C(c3ccccc3)C1(c1ccc(OC)c(O)c1)C2. The second-order valence-electron chi connectivity index (χ2n) is 9.43. The Kier molecular flexibility index (Phi) is 5.61. The molecule has 8 nitrogen and oxygen atoms in total. The van der Waals surface area contributed by atoms with Crippen molar-refractivity contribution < 1.29 is 34.3 Å². The molecule has 188 valence electrons. The molecule has 2 aliphatic rings. The zero-order valence-electron chi connectivity index (χ0n) is 20.3. The lowest BCUT2D eigenvalue weighted by Gasteiger charge is -2.43. The van der Waals surface area contributed by atoms with E-state index >= 15 is 0 Å². The van der Waals surface area contributed by atoms with Crippen molar-refractivity contribution in [3.8, 4) is 23.0 Å². The van der Waals surface area contributed by atoms with Gasteiger partial charge in [-0.2, -0.15) is 0 Å². The first-order chi connectivity index (χ1) is 17.2. The molecule has 5 atom stereocenters. The molecular weight excluding hydrogens is 462 g/mol. The van der Waals surface area contributed by atoms with Gasteiger partial charge in [-0.1, -0.05) is 36.4 Å². The largest absolute Gasteiger partial charge is 0.504 e. The Bertz CT molecular complexity index is 1330. The van der Waals surface area contributed by atoms with Crippen LogP contribution in [0.1, 0.15) is 28.2 Å². The van der Waals surface area contributed by atoms with E-state index in [4.69, 9.17) is 19.9 Å². The summed E-state index contributed by atoms with van der Waals surface area (Å²) in [5.74, 6) is -1.61. The molecule has 2 aliphatic carbocycles. The second-order valence-corrected chi connectivity index (χ2v) is 9.43. The fourth-order valence-corrected chi connectivity index (χ4v) is 6.60. The van der Waals surface area contributed by atoms with E-state index in [0.717, 1.165) is 5.56 Å². The molecular formula is C28H29NO7. The number of fused-ring (bicyclic) bond motifs is 3. The predicted octanol–water partition coefficient (Wildman–Crippen LogP) is 2.36. The summed E-state index contributed by atoms with van der Waals surface area (Å²) in [6, 6.07) is 17.5. The van der Waals surface area contributed by atoms with Gasteiger partial charge in [-0.25, -0.2) is 0 Å². The van der Waals surface area contributed by atoms with E-state index in [1.54, 1.807) is 24.3 Å². The van der Waals surface area contributed by atoms with Gasteiger partial charge in [-0.05, 0) is 41.3 Å². The maximum Gasteiger partial charge on any atom is 0.223 e. The average molecular weight is 492 g/mol. The Morgan fingerprint density at radius 1 is 0.972 bits per heavy atom. The van der Waals surface area contributed by atoms with Gasteiger partial charge in [0, 0.05) is 23.0 Å². The molecule has 5 rings (SSSR count). The molecule has 1 fully saturated rings. The van der Waals surface area contributed by atoms with Crippen molar-refractivity contribution in [1.82, 2.24) is 0 Å². The molecule has 1 saturated carbocycles. The van der Waals surface area contributed by atoms with E-state index in [-0.39, 0.29) is 17.9 Å². The van der Waals surface area contributed by atoms with Crippen molar-refractivity contribution in [2.24, 2.45) is 11.7 Å². The quantitative estimate of drug-likeness (QED) is 0.416. The number of aliphatic hydroxyl groups excluding tert-OH is 1. The Morgan fingerprint density at radius 2 is 1.67 bits per heavy atom. The lowest BCUT2D eigenvalue weighted by Crippen LogP contribution is -2.50. The molecule has 8 heteroatoms. The number of hydrogen-bond donors (Lipinski definition) is 4. The highest BCUT2D eigenvalue weighted by atomic mass is 16.5. The van der Waals surface area contributed by atoms with Gasteiger partial charge in [0.25, 0.3) is 0 Å². The van der Waals surface area contributed by atoms with Crippen LogP contribution in [-0.4, -0.2) is 48.7 Å². The summed E-state index contributed by atoms with van der Waals surface area (Å²) < 4.78 is 16.4. The number of rotatable bonds is 6. The molecule has 5 N–H and O–H groups in total. The van der Waals surface area contributed by atoms with Crippen LogP contribution < -0.4 is 19.9 Å². The summed E-state index contributed by atoms with van der Waals surface area (Å²) in [5.41, 5.74) is 4.95. The number of carbonyl (C=O) groups excluding carboxylic acids is 1. The number of amides is 1. The van der Waals surface area contributed by atoms with Gasteiger partial charge in [0.1, 0.15) is 23.2 Å². The number of hydrogen-bond acceptors (Lipinski definition) is 7. The van der Waals surface area contributed by atoms with Gasteiger partial charge in [0.05, 0.1) is 27.2 Å². The van der Waals surface area contributed by atoms with Crippen LogP contribution in [-0.2, 0) is 22.2 Å². The van der Waals surface area contributed by atoms with Crippen LogP contribution in [0.4, 0.5) is 0 Å². The summed E-state index contributed by atoms with van der Waals surface area (Å²) >= 11 is 0. The number of phenolic OH excluding ortho intramolecular Hbond substituents is 1. The maximum atomic E-state index is 12.9. The fourth-order valence-electron chi connectivity index (χ4n) is 6.60. The highest BCUT2D eigenvalue weighted by molar-refractivity contribution is 5.82. The third-order valence-corrected chi connectivity index (χ3v) is 7.98. The Hall–Kier alpha value is -3.75. The molecule has 0 spiro atoms. The van der Waals surface area contributed by atoms with Crippen LogP contribution in [0.25, 0.3) is 0 Å². The van der Waals surface area contributed by atoms with Crippen LogP contribution in [0.2, 0.25) is 0 Å². The number of methoxy groups -OCH3 is 3. The van der Waals surface area contributed by atoms with Crippen molar-refractivity contribution in [3.05, 3.63) is 82.9 Å². The zero-order valence-corrected chi connectivity index (χ0v) is 20.3. The van der Waals surface area contributed by atoms with E-state index < -0.39 is 34.9 Å². The van der Waals surface area contributed by atoms with E-state index in [1.165, 1.54) is 27.4 Å². The molecule has 0 bridgehead atoms. The normalized spacial score (nSPS) is 28.3. The number of aromatic hydroxyl groups is 1. The minimum atomic E-state index is -1.98. The van der Waals surface area contributed by atoms with Gasteiger partial charge in [-0.15, -0.1) is 0 Å². The number of aliphatic hydroxyl groups is 2. The maximum absolute atomic E-state index is 12.9. The Labute approximate surface area is 208 Å². The first-order valence-electron chi connectivity index (χ1n) is 11.6. The average Bonchev–Trinajstić information content (AvgIpc) is 3.26. The van der Waals surface area contributed by atoms with Gasteiger partial charge < -0.3 is 35.3 Å². The molecule has 0 aliphatic heterocycles. The lowest BCUT2D eigenvalue weighted by molar-refractivity contribution is -0.132. The summed E-state index contributed by atoms with van der Waals surface area (Å²) in [7, 11) is 4.45. The summed E-state index contributed by atoms with van der Waals surface area (Å²) in [6.45, 7) is 0. The van der Waals surface area contributed by atoms with Crippen LogP contribution in [0, 0.1) is 5.92 Å². The molecule has 3 aromatic rings. The topological polar surface area (TPSA) is 131 Å². The molecule has 0 radical (unpaired) electrons. The standard InChI is InChI=1S/C28H29NO7/c1-34-18-11-16-14-27(17-9-10-20(35-2)19(30)12-17)24(15-7-5-4-6-8-15)22(26(29)32)25(31)28(27,33)23(16)21(13-18)36-3/h4-13,22,24-25,30-31,33H,14H2,1-3H3,(H2,29,32). The van der Waals surface area contributed by atoms with Crippen molar-refractivity contribution >= 4 is 5.91 Å².